The topological polar surface area (TPSA) is 86.0 Å². The van der Waals surface area contributed by atoms with Crippen molar-refractivity contribution in [1.29, 1.82) is 0 Å². The molecule has 0 amide bonds. The van der Waals surface area contributed by atoms with Crippen LogP contribution in [0.5, 0.6) is 11.5 Å². The lowest BCUT2D eigenvalue weighted by Crippen LogP contribution is -2.04. The molecule has 10 heteroatoms. The normalized spacial score (nSPS) is 11.5. The van der Waals surface area contributed by atoms with E-state index < -0.39 is 16.7 Å². The van der Waals surface area contributed by atoms with Gasteiger partial charge in [-0.05, 0) is 36.8 Å². The van der Waals surface area contributed by atoms with Crippen molar-refractivity contribution < 1.29 is 27.6 Å². The lowest BCUT2D eigenvalue weighted by Gasteiger charge is -2.11. The number of benzene rings is 2. The first kappa shape index (κ1) is 23.0. The molecule has 0 aliphatic carbocycles. The summed E-state index contributed by atoms with van der Waals surface area (Å²) in [6.45, 7) is 2.36. The van der Waals surface area contributed by atoms with Gasteiger partial charge in [-0.15, -0.1) is 0 Å². The number of anilines is 1. The Morgan fingerprint density at radius 1 is 1.20 bits per heavy atom. The highest BCUT2D eigenvalue weighted by molar-refractivity contribution is 5.83. The second kappa shape index (κ2) is 10.5. The molecule has 0 atom stereocenters. The summed E-state index contributed by atoms with van der Waals surface area (Å²) >= 11 is 0. The minimum atomic E-state index is -4.42. The fourth-order valence-corrected chi connectivity index (χ4v) is 2.56. The second-order valence-corrected chi connectivity index (χ2v) is 6.33. The molecule has 0 radical (unpaired) electrons. The van der Waals surface area contributed by atoms with Gasteiger partial charge in [0.25, 0.3) is 0 Å². The monoisotopic (exact) mass is 425 g/mol. The molecular formula is C20H22F3N3O4. The molecule has 0 aromatic heterocycles. The molecule has 30 heavy (non-hydrogen) atoms. The molecule has 0 saturated carbocycles. The minimum absolute atomic E-state index is 0.0476. The minimum Gasteiger partial charge on any atom is -0.493 e. The van der Waals surface area contributed by atoms with Crippen molar-refractivity contribution in [2.45, 2.75) is 32.4 Å². The highest BCUT2D eigenvalue weighted by atomic mass is 19.4. The first-order valence-corrected chi connectivity index (χ1v) is 9.21. The number of hydrogen-bond acceptors (Lipinski definition) is 6. The molecule has 2 rings (SSSR count). The first-order valence-electron chi connectivity index (χ1n) is 9.21. The molecule has 0 fully saturated rings. The second-order valence-electron chi connectivity index (χ2n) is 6.33. The van der Waals surface area contributed by atoms with Crippen molar-refractivity contribution in [3.8, 4) is 11.5 Å². The van der Waals surface area contributed by atoms with Crippen molar-refractivity contribution in [1.82, 2.24) is 0 Å². The molecule has 0 aliphatic rings. The van der Waals surface area contributed by atoms with Gasteiger partial charge in [0, 0.05) is 11.6 Å². The fraction of sp³-hybridized carbons (Fsp3) is 0.350. The van der Waals surface area contributed by atoms with Gasteiger partial charge in [-0.3, -0.25) is 15.5 Å². The number of nitro groups is 1. The maximum absolute atomic E-state index is 12.6. The Balaban J connectivity index is 2.16. The van der Waals surface area contributed by atoms with Crippen LogP contribution in [0.4, 0.5) is 24.5 Å². The van der Waals surface area contributed by atoms with Crippen LogP contribution < -0.4 is 14.9 Å². The molecule has 0 unspecified atom stereocenters. The lowest BCUT2D eigenvalue weighted by atomic mass is 10.2. The molecule has 0 bridgehead atoms. The largest absolute Gasteiger partial charge is 0.493 e. The van der Waals surface area contributed by atoms with Crippen LogP contribution >= 0.6 is 0 Å². The lowest BCUT2D eigenvalue weighted by molar-refractivity contribution is -0.386. The van der Waals surface area contributed by atoms with Gasteiger partial charge in [0.2, 0.25) is 5.75 Å². The number of hydrogen-bond donors (Lipinski definition) is 1. The molecule has 0 saturated heterocycles. The van der Waals surface area contributed by atoms with Gasteiger partial charge in [-0.25, -0.2) is 0 Å². The van der Waals surface area contributed by atoms with E-state index in [0.29, 0.717) is 17.9 Å². The summed E-state index contributed by atoms with van der Waals surface area (Å²) in [6.07, 6.45) is -0.427. The highest BCUT2D eigenvalue weighted by Crippen LogP contribution is 2.38. The molecule has 0 spiro atoms. The summed E-state index contributed by atoms with van der Waals surface area (Å²) in [5, 5.41) is 15.4. The zero-order chi connectivity index (χ0) is 22.1. The summed E-state index contributed by atoms with van der Waals surface area (Å²) in [6, 6.07) is 7.13. The van der Waals surface area contributed by atoms with Crippen LogP contribution in [0.3, 0.4) is 0 Å². The van der Waals surface area contributed by atoms with Crippen LogP contribution in [-0.4, -0.2) is 24.9 Å². The number of rotatable bonds is 10. The summed E-state index contributed by atoms with van der Waals surface area (Å²) < 4.78 is 48.6. The predicted molar refractivity (Wildman–Crippen MR) is 107 cm³/mol. The van der Waals surface area contributed by atoms with Gasteiger partial charge in [-0.2, -0.15) is 18.3 Å². The molecule has 2 aromatic carbocycles. The van der Waals surface area contributed by atoms with E-state index in [9.17, 15) is 23.3 Å². The third kappa shape index (κ3) is 6.36. The van der Waals surface area contributed by atoms with E-state index in [4.69, 9.17) is 9.47 Å². The molecule has 0 aliphatic heterocycles. The van der Waals surface area contributed by atoms with Crippen molar-refractivity contribution in [2.75, 3.05) is 19.1 Å². The predicted octanol–water partition coefficient (Wildman–Crippen LogP) is 5.64. The Labute approximate surface area is 171 Å². The van der Waals surface area contributed by atoms with Crippen LogP contribution in [0, 0.1) is 10.1 Å². The first-order chi connectivity index (χ1) is 14.3. The summed E-state index contributed by atoms with van der Waals surface area (Å²) in [5.41, 5.74) is 2.24. The van der Waals surface area contributed by atoms with E-state index >= 15 is 0 Å². The average Bonchev–Trinajstić information content (AvgIpc) is 2.71. The van der Waals surface area contributed by atoms with Crippen molar-refractivity contribution in [3.05, 3.63) is 57.6 Å². The Bertz CT molecular complexity index is 884. The zero-order valence-electron chi connectivity index (χ0n) is 16.5. The molecule has 2 aromatic rings. The number of hydrazone groups is 1. The van der Waals surface area contributed by atoms with E-state index in [0.717, 1.165) is 31.4 Å². The molecule has 7 nitrogen and oxygen atoms in total. The number of alkyl halides is 3. The fourth-order valence-electron chi connectivity index (χ4n) is 2.56. The maximum Gasteiger partial charge on any atom is 0.416 e. The number of unbranched alkanes of at least 4 members (excludes halogenated alkanes) is 2. The van der Waals surface area contributed by atoms with E-state index in [2.05, 4.69) is 10.5 Å². The Kier molecular flexibility index (Phi) is 8.02. The smallest absolute Gasteiger partial charge is 0.416 e. The van der Waals surface area contributed by atoms with Gasteiger partial charge in [0.15, 0.2) is 5.75 Å². The quantitative estimate of drug-likeness (QED) is 0.231. The highest BCUT2D eigenvalue weighted by Gasteiger charge is 2.29. The SMILES string of the molecule is CCCCCOc1c(OC)cc(C=NNc2ccc(C(F)(F)F)cc2)cc1[N+](=O)[O-]. The van der Waals surface area contributed by atoms with Crippen LogP contribution in [0.1, 0.15) is 37.3 Å². The van der Waals surface area contributed by atoms with Crippen molar-refractivity contribution in [2.24, 2.45) is 5.10 Å². The maximum atomic E-state index is 12.6. The molecule has 162 valence electrons. The number of halogens is 3. The average molecular weight is 425 g/mol. The van der Waals surface area contributed by atoms with Gasteiger partial charge in [0.1, 0.15) is 0 Å². The Morgan fingerprint density at radius 2 is 1.90 bits per heavy atom. The van der Waals surface area contributed by atoms with Crippen LogP contribution in [0.2, 0.25) is 0 Å². The van der Waals surface area contributed by atoms with Gasteiger partial charge in [0.05, 0.1) is 36.1 Å². The number of ether oxygens (including phenoxy) is 2. The zero-order valence-corrected chi connectivity index (χ0v) is 16.5. The third-order valence-corrected chi connectivity index (χ3v) is 4.09. The van der Waals surface area contributed by atoms with Gasteiger partial charge >= 0.3 is 11.9 Å². The standard InChI is InChI=1S/C20H22F3N3O4/c1-3-4-5-10-30-19-17(26(27)28)11-14(12-18(19)29-2)13-24-25-16-8-6-15(7-9-16)20(21,22)23/h6-9,11-13,25H,3-5,10H2,1-2H3. The Hall–Kier alpha value is -3.30. The van der Waals surface area contributed by atoms with Crippen molar-refractivity contribution in [3.63, 3.8) is 0 Å². The Morgan fingerprint density at radius 3 is 2.47 bits per heavy atom. The third-order valence-electron chi connectivity index (χ3n) is 4.09. The van der Waals surface area contributed by atoms with Crippen LogP contribution in [0.25, 0.3) is 0 Å². The molecule has 1 N–H and O–H groups in total. The number of nitro benzene ring substituents is 1. The number of nitrogens with zero attached hydrogens (tertiary/aromatic N) is 2. The number of nitrogens with one attached hydrogen (secondary N) is 1. The summed E-state index contributed by atoms with van der Waals surface area (Å²) in [4.78, 5) is 10.9. The van der Waals surface area contributed by atoms with E-state index in [1.165, 1.54) is 37.6 Å². The number of methoxy groups -OCH3 is 1. The van der Waals surface area contributed by atoms with Gasteiger partial charge < -0.3 is 9.47 Å². The summed E-state index contributed by atoms with van der Waals surface area (Å²) in [7, 11) is 1.37. The summed E-state index contributed by atoms with van der Waals surface area (Å²) in [5.74, 6) is 0.239. The van der Waals surface area contributed by atoms with E-state index in [1.54, 1.807) is 0 Å². The van der Waals surface area contributed by atoms with E-state index in [-0.39, 0.29) is 17.2 Å². The van der Waals surface area contributed by atoms with Gasteiger partial charge in [-0.1, -0.05) is 19.8 Å². The van der Waals surface area contributed by atoms with E-state index in [1.807, 2.05) is 6.92 Å². The van der Waals surface area contributed by atoms with Crippen molar-refractivity contribution >= 4 is 17.6 Å². The van der Waals surface area contributed by atoms with Crippen LogP contribution in [0.15, 0.2) is 41.5 Å². The molecular weight excluding hydrogens is 403 g/mol. The van der Waals surface area contributed by atoms with Crippen LogP contribution in [-0.2, 0) is 6.18 Å². The molecule has 0 heterocycles.